The Labute approximate surface area is 143 Å². The average Bonchev–Trinajstić information content (AvgIpc) is 3.13. The molecule has 0 saturated heterocycles. The smallest absolute Gasteiger partial charge is 0.293 e. The Morgan fingerprint density at radius 2 is 2.29 bits per heavy atom. The van der Waals surface area contributed by atoms with E-state index in [0.29, 0.717) is 5.69 Å². The first-order valence-corrected chi connectivity index (χ1v) is 7.45. The molecule has 0 unspecified atom stereocenters. The molecule has 0 bridgehead atoms. The van der Waals surface area contributed by atoms with Crippen molar-refractivity contribution >= 4 is 33.9 Å². The minimum absolute atomic E-state index is 0.0441. The summed E-state index contributed by atoms with van der Waals surface area (Å²) in [6.07, 6.45) is 1.52. The van der Waals surface area contributed by atoms with Crippen molar-refractivity contribution in [3.8, 4) is 5.82 Å². The van der Waals surface area contributed by atoms with E-state index in [0.717, 1.165) is 10.0 Å². The van der Waals surface area contributed by atoms with Crippen LogP contribution in [0.4, 0.5) is 5.82 Å². The highest BCUT2D eigenvalue weighted by Crippen LogP contribution is 2.14. The van der Waals surface area contributed by atoms with Crippen LogP contribution in [0.15, 0.2) is 38.5 Å². The summed E-state index contributed by atoms with van der Waals surface area (Å²) < 4.78 is 6.68. The van der Waals surface area contributed by atoms with Crippen LogP contribution in [0.3, 0.4) is 0 Å². The van der Waals surface area contributed by atoms with Crippen LogP contribution in [0.2, 0.25) is 0 Å². The molecule has 3 rings (SSSR count). The van der Waals surface area contributed by atoms with Gasteiger partial charge in [0.2, 0.25) is 11.6 Å². The Morgan fingerprint density at radius 1 is 1.46 bits per heavy atom. The van der Waals surface area contributed by atoms with Crippen LogP contribution in [0.5, 0.6) is 0 Å². The molecule has 0 saturated carbocycles. The zero-order valence-electron chi connectivity index (χ0n) is 12.3. The summed E-state index contributed by atoms with van der Waals surface area (Å²) in [6.45, 7) is 1.64. The van der Waals surface area contributed by atoms with Crippen LogP contribution in [-0.4, -0.2) is 37.4 Å². The molecule has 11 heteroatoms. The average molecular weight is 391 g/mol. The van der Waals surface area contributed by atoms with E-state index in [-0.39, 0.29) is 17.3 Å². The van der Waals surface area contributed by atoms with Crippen LogP contribution in [0.1, 0.15) is 21.7 Å². The van der Waals surface area contributed by atoms with Gasteiger partial charge in [0.15, 0.2) is 5.69 Å². The van der Waals surface area contributed by atoms with Crippen molar-refractivity contribution in [1.29, 1.82) is 0 Å². The van der Waals surface area contributed by atoms with Gasteiger partial charge in [0.05, 0.1) is 11.9 Å². The van der Waals surface area contributed by atoms with Crippen molar-refractivity contribution in [2.75, 3.05) is 5.73 Å². The molecule has 3 N–H and O–H groups in total. The Bertz CT molecular complexity index is 916. The van der Waals surface area contributed by atoms with E-state index < -0.39 is 5.91 Å². The van der Waals surface area contributed by atoms with Crippen LogP contribution in [0.25, 0.3) is 5.82 Å². The molecule has 1 amide bonds. The molecule has 122 valence electrons. The monoisotopic (exact) mass is 390 g/mol. The SMILES string of the molecule is Cc1c(C(=O)NN=Cc2cccc(Br)c2)nnn1-c1nonc1N. The predicted octanol–water partition coefficient (Wildman–Crippen LogP) is 1.07. The number of hydrogen-bond donors (Lipinski definition) is 2. The van der Waals surface area contributed by atoms with Crippen molar-refractivity contribution < 1.29 is 9.42 Å². The first kappa shape index (κ1) is 15.8. The molecule has 2 aromatic heterocycles. The number of carbonyl (C=O) groups excluding carboxylic acids is 1. The van der Waals surface area contributed by atoms with E-state index in [1.165, 1.54) is 10.9 Å². The van der Waals surface area contributed by atoms with Crippen LogP contribution < -0.4 is 11.2 Å². The molecule has 24 heavy (non-hydrogen) atoms. The van der Waals surface area contributed by atoms with E-state index in [4.69, 9.17) is 5.73 Å². The maximum atomic E-state index is 12.1. The Kier molecular flexibility index (Phi) is 4.33. The number of nitrogens with two attached hydrogens (primary N) is 1. The van der Waals surface area contributed by atoms with Gasteiger partial charge in [0.25, 0.3) is 5.91 Å². The summed E-state index contributed by atoms with van der Waals surface area (Å²) in [5, 5.41) is 18.6. The number of nitrogen functional groups attached to an aromatic ring is 1. The molecular weight excluding hydrogens is 380 g/mol. The summed E-state index contributed by atoms with van der Waals surface area (Å²) >= 11 is 3.36. The van der Waals surface area contributed by atoms with E-state index >= 15 is 0 Å². The Balaban J connectivity index is 1.74. The normalized spacial score (nSPS) is 11.1. The number of nitrogens with one attached hydrogen (secondary N) is 1. The summed E-state index contributed by atoms with van der Waals surface area (Å²) in [7, 11) is 0. The molecule has 3 aromatic rings. The predicted molar refractivity (Wildman–Crippen MR) is 87.6 cm³/mol. The summed E-state index contributed by atoms with van der Waals surface area (Å²) in [6, 6.07) is 7.46. The molecule has 0 aliphatic rings. The van der Waals surface area contributed by atoms with Gasteiger partial charge >= 0.3 is 0 Å². The lowest BCUT2D eigenvalue weighted by Crippen LogP contribution is -2.19. The molecular formula is C13H11BrN8O2. The summed E-state index contributed by atoms with van der Waals surface area (Å²) in [4.78, 5) is 12.1. The number of carbonyl (C=O) groups is 1. The molecule has 0 radical (unpaired) electrons. The van der Waals surface area contributed by atoms with Crippen molar-refractivity contribution in [1.82, 2.24) is 30.7 Å². The van der Waals surface area contributed by atoms with Gasteiger partial charge in [-0.05, 0) is 34.9 Å². The van der Waals surface area contributed by atoms with Gasteiger partial charge < -0.3 is 5.73 Å². The third-order valence-electron chi connectivity index (χ3n) is 3.03. The zero-order valence-corrected chi connectivity index (χ0v) is 13.9. The number of hydrogen-bond acceptors (Lipinski definition) is 8. The molecule has 0 aliphatic heterocycles. The number of hydrazone groups is 1. The topological polar surface area (TPSA) is 137 Å². The lowest BCUT2D eigenvalue weighted by molar-refractivity contribution is 0.0949. The first-order valence-electron chi connectivity index (χ1n) is 6.66. The fourth-order valence-electron chi connectivity index (χ4n) is 1.88. The van der Waals surface area contributed by atoms with Crippen LogP contribution in [0, 0.1) is 6.92 Å². The van der Waals surface area contributed by atoms with Crippen LogP contribution >= 0.6 is 15.9 Å². The van der Waals surface area contributed by atoms with Gasteiger partial charge in [-0.15, -0.1) is 5.10 Å². The number of nitrogens with zero attached hydrogens (tertiary/aromatic N) is 6. The molecule has 0 atom stereocenters. The van der Waals surface area contributed by atoms with Gasteiger partial charge in [-0.3, -0.25) is 4.79 Å². The van der Waals surface area contributed by atoms with Crippen molar-refractivity contribution in [3.63, 3.8) is 0 Å². The third kappa shape index (κ3) is 3.15. The van der Waals surface area contributed by atoms with E-state index in [9.17, 15) is 4.79 Å². The van der Waals surface area contributed by atoms with Gasteiger partial charge in [-0.25, -0.2) is 10.1 Å². The second kappa shape index (κ2) is 6.58. The Morgan fingerprint density at radius 3 is 3.00 bits per heavy atom. The summed E-state index contributed by atoms with van der Waals surface area (Å²) in [5.74, 6) is -0.306. The molecule has 0 aliphatic carbocycles. The minimum atomic E-state index is -0.514. The fourth-order valence-corrected chi connectivity index (χ4v) is 2.30. The van der Waals surface area contributed by atoms with E-state index in [2.05, 4.69) is 51.7 Å². The number of amides is 1. The Hall–Kier alpha value is -3.08. The maximum Gasteiger partial charge on any atom is 0.293 e. The van der Waals surface area contributed by atoms with Gasteiger partial charge in [-0.1, -0.05) is 33.3 Å². The highest BCUT2D eigenvalue weighted by Gasteiger charge is 2.20. The molecule has 2 heterocycles. The number of rotatable bonds is 4. The maximum absolute atomic E-state index is 12.1. The largest absolute Gasteiger partial charge is 0.378 e. The zero-order chi connectivity index (χ0) is 17.1. The summed E-state index contributed by atoms with van der Waals surface area (Å²) in [5.41, 5.74) is 9.33. The first-order chi connectivity index (χ1) is 11.6. The molecule has 0 spiro atoms. The van der Waals surface area contributed by atoms with Crippen molar-refractivity contribution in [2.45, 2.75) is 6.92 Å². The standard InChI is InChI=1S/C13H11BrN8O2/c1-7-10(17-21-22(7)12-11(15)19-24-20-12)13(23)18-16-6-8-3-2-4-9(14)5-8/h2-6H,1H3,(H2,15,19)(H,18,23). The van der Waals surface area contributed by atoms with Gasteiger partial charge in [0.1, 0.15) is 0 Å². The highest BCUT2D eigenvalue weighted by molar-refractivity contribution is 9.10. The van der Waals surface area contributed by atoms with E-state index in [1.807, 2.05) is 24.3 Å². The molecule has 0 fully saturated rings. The van der Waals surface area contributed by atoms with Crippen LogP contribution in [-0.2, 0) is 0 Å². The number of benzene rings is 1. The van der Waals surface area contributed by atoms with Crippen molar-refractivity contribution in [3.05, 3.63) is 45.7 Å². The minimum Gasteiger partial charge on any atom is -0.378 e. The lowest BCUT2D eigenvalue weighted by atomic mass is 10.2. The lowest BCUT2D eigenvalue weighted by Gasteiger charge is -1.99. The number of halogens is 1. The van der Waals surface area contributed by atoms with Gasteiger partial charge in [0, 0.05) is 4.47 Å². The second-order valence-electron chi connectivity index (χ2n) is 4.66. The second-order valence-corrected chi connectivity index (χ2v) is 5.58. The highest BCUT2D eigenvalue weighted by atomic mass is 79.9. The molecule has 10 nitrogen and oxygen atoms in total. The molecule has 1 aromatic carbocycles. The fraction of sp³-hybridized carbons (Fsp3) is 0.0769. The van der Waals surface area contributed by atoms with Crippen molar-refractivity contribution in [2.24, 2.45) is 5.10 Å². The number of anilines is 1. The number of aromatic nitrogens is 5. The van der Waals surface area contributed by atoms with Gasteiger partial charge in [-0.2, -0.15) is 9.78 Å². The quantitative estimate of drug-likeness (QED) is 0.501. The third-order valence-corrected chi connectivity index (χ3v) is 3.53. The van der Waals surface area contributed by atoms with E-state index in [1.54, 1.807) is 6.92 Å².